The minimum Gasteiger partial charge on any atom is -0.379 e. The van der Waals surface area contributed by atoms with Crippen molar-refractivity contribution in [1.82, 2.24) is 15.1 Å². The van der Waals surface area contributed by atoms with Crippen molar-refractivity contribution in [2.24, 2.45) is 5.41 Å². The van der Waals surface area contributed by atoms with Crippen LogP contribution in [0.15, 0.2) is 11.8 Å². The van der Waals surface area contributed by atoms with Gasteiger partial charge in [-0.05, 0) is 45.1 Å². The molecule has 0 aromatic heterocycles. The van der Waals surface area contributed by atoms with Crippen LogP contribution in [0.4, 0.5) is 0 Å². The molecule has 0 bridgehead atoms. The number of ether oxygens (including phenoxy) is 1. The van der Waals surface area contributed by atoms with Crippen molar-refractivity contribution in [2.75, 3.05) is 39.4 Å². The Bertz CT molecular complexity index is 593. The molecule has 6 heteroatoms. The van der Waals surface area contributed by atoms with Gasteiger partial charge in [0, 0.05) is 37.8 Å². The zero-order valence-electron chi connectivity index (χ0n) is 16.4. The number of allylic oxidation sites excluding steroid dienone is 1. The van der Waals surface area contributed by atoms with E-state index in [0.29, 0.717) is 25.4 Å². The standard InChI is InChI=1S/C21H33N3O3/c25-19-8-10-21(9-3-7-18(21)24(19)17-5-1-2-6-17)20(26)22-11-4-12-23-13-15-27-16-14-23/h7,17H,1-6,8-16H2,(H,22,26). The fourth-order valence-corrected chi connectivity index (χ4v) is 5.34. The van der Waals surface area contributed by atoms with Crippen molar-refractivity contribution in [2.45, 2.75) is 63.8 Å². The Balaban J connectivity index is 1.35. The molecule has 1 saturated carbocycles. The van der Waals surface area contributed by atoms with E-state index in [-0.39, 0.29) is 11.8 Å². The molecule has 4 aliphatic rings. The minimum atomic E-state index is -0.463. The second-order valence-corrected chi connectivity index (χ2v) is 8.48. The molecule has 2 aliphatic heterocycles. The average molecular weight is 376 g/mol. The number of nitrogens with zero attached hydrogens (tertiary/aromatic N) is 2. The lowest BCUT2D eigenvalue weighted by molar-refractivity contribution is -0.141. The van der Waals surface area contributed by atoms with Gasteiger partial charge in [-0.3, -0.25) is 14.5 Å². The maximum Gasteiger partial charge on any atom is 0.232 e. The third kappa shape index (κ3) is 3.79. The Morgan fingerprint density at radius 1 is 1.22 bits per heavy atom. The van der Waals surface area contributed by atoms with E-state index in [1.165, 1.54) is 12.8 Å². The summed E-state index contributed by atoms with van der Waals surface area (Å²) < 4.78 is 5.38. The Labute approximate surface area is 162 Å². The summed E-state index contributed by atoms with van der Waals surface area (Å²) in [6, 6.07) is 0.315. The second kappa shape index (κ2) is 8.31. The second-order valence-electron chi connectivity index (χ2n) is 8.48. The highest BCUT2D eigenvalue weighted by atomic mass is 16.5. The number of likely N-dealkylation sites (tertiary alicyclic amines) is 1. The van der Waals surface area contributed by atoms with Crippen molar-refractivity contribution >= 4 is 11.8 Å². The number of fused-ring (bicyclic) bond motifs is 1. The smallest absolute Gasteiger partial charge is 0.232 e. The van der Waals surface area contributed by atoms with Gasteiger partial charge in [0.15, 0.2) is 0 Å². The molecule has 2 amide bonds. The molecule has 1 unspecified atom stereocenters. The van der Waals surface area contributed by atoms with Crippen LogP contribution in [0.5, 0.6) is 0 Å². The minimum absolute atomic E-state index is 0.142. The Morgan fingerprint density at radius 2 is 2.00 bits per heavy atom. The van der Waals surface area contributed by atoms with E-state index < -0.39 is 5.41 Å². The van der Waals surface area contributed by atoms with Crippen LogP contribution < -0.4 is 5.32 Å². The SMILES string of the molecule is O=C1CCC2(C(=O)NCCCN3CCOCC3)CCC=C2N1C1CCCC1. The highest BCUT2D eigenvalue weighted by Gasteiger charge is 2.52. The van der Waals surface area contributed by atoms with Crippen molar-refractivity contribution in [3.63, 3.8) is 0 Å². The van der Waals surface area contributed by atoms with Gasteiger partial charge < -0.3 is 15.0 Å². The molecule has 27 heavy (non-hydrogen) atoms. The molecule has 1 atom stereocenters. The monoisotopic (exact) mass is 375 g/mol. The number of rotatable bonds is 6. The van der Waals surface area contributed by atoms with Crippen LogP contribution >= 0.6 is 0 Å². The highest BCUT2D eigenvalue weighted by molar-refractivity contribution is 5.91. The average Bonchev–Trinajstić information content (AvgIpc) is 3.36. The molecule has 0 aromatic carbocycles. The molecule has 150 valence electrons. The zero-order valence-corrected chi connectivity index (χ0v) is 16.4. The number of amides is 2. The molecule has 0 spiro atoms. The maximum atomic E-state index is 13.2. The Hall–Kier alpha value is -1.40. The van der Waals surface area contributed by atoms with Crippen molar-refractivity contribution < 1.29 is 14.3 Å². The first-order valence-electron chi connectivity index (χ1n) is 10.8. The van der Waals surface area contributed by atoms with Gasteiger partial charge in [0.2, 0.25) is 11.8 Å². The third-order valence-corrected chi connectivity index (χ3v) is 6.86. The first-order chi connectivity index (χ1) is 13.2. The van der Waals surface area contributed by atoms with Crippen molar-refractivity contribution in [3.8, 4) is 0 Å². The molecule has 4 rings (SSSR count). The largest absolute Gasteiger partial charge is 0.379 e. The molecule has 1 N–H and O–H groups in total. The van der Waals surface area contributed by atoms with E-state index in [1.807, 2.05) is 4.90 Å². The van der Waals surface area contributed by atoms with Gasteiger partial charge >= 0.3 is 0 Å². The zero-order chi connectivity index (χ0) is 18.7. The third-order valence-electron chi connectivity index (χ3n) is 6.86. The lowest BCUT2D eigenvalue weighted by atomic mass is 9.75. The van der Waals surface area contributed by atoms with Crippen LogP contribution in [0.3, 0.4) is 0 Å². The summed E-state index contributed by atoms with van der Waals surface area (Å²) >= 11 is 0. The van der Waals surface area contributed by atoms with Gasteiger partial charge in [0.25, 0.3) is 0 Å². The van der Waals surface area contributed by atoms with Gasteiger partial charge in [-0.15, -0.1) is 0 Å². The van der Waals surface area contributed by atoms with Gasteiger partial charge in [0.05, 0.1) is 18.6 Å². The molecular formula is C21H33N3O3. The van der Waals surface area contributed by atoms with Gasteiger partial charge in [-0.25, -0.2) is 0 Å². The van der Waals surface area contributed by atoms with E-state index in [2.05, 4.69) is 16.3 Å². The van der Waals surface area contributed by atoms with E-state index in [1.54, 1.807) is 0 Å². The van der Waals surface area contributed by atoms with Crippen LogP contribution in [0, 0.1) is 5.41 Å². The van der Waals surface area contributed by atoms with Gasteiger partial charge in [-0.1, -0.05) is 18.9 Å². The molecule has 3 fully saturated rings. The fourth-order valence-electron chi connectivity index (χ4n) is 5.34. The lowest BCUT2D eigenvalue weighted by Gasteiger charge is -2.44. The molecule has 2 saturated heterocycles. The summed E-state index contributed by atoms with van der Waals surface area (Å²) in [4.78, 5) is 30.3. The number of carbonyl (C=O) groups excluding carboxylic acids is 2. The number of morpholine rings is 1. The van der Waals surface area contributed by atoms with Crippen LogP contribution in [-0.4, -0.2) is 67.0 Å². The summed E-state index contributed by atoms with van der Waals surface area (Å²) in [5.74, 6) is 0.370. The molecule has 6 nitrogen and oxygen atoms in total. The van der Waals surface area contributed by atoms with E-state index in [0.717, 1.165) is 70.6 Å². The molecule has 2 heterocycles. The molecule has 0 aromatic rings. The van der Waals surface area contributed by atoms with Crippen LogP contribution in [0.2, 0.25) is 0 Å². The number of carbonyl (C=O) groups is 2. The van der Waals surface area contributed by atoms with Gasteiger partial charge in [0.1, 0.15) is 0 Å². The Morgan fingerprint density at radius 3 is 2.78 bits per heavy atom. The first kappa shape index (κ1) is 18.9. The van der Waals surface area contributed by atoms with Crippen molar-refractivity contribution in [1.29, 1.82) is 0 Å². The van der Waals surface area contributed by atoms with E-state index in [4.69, 9.17) is 4.74 Å². The number of hydrogen-bond acceptors (Lipinski definition) is 4. The summed E-state index contributed by atoms with van der Waals surface area (Å²) in [6.45, 7) is 5.32. The summed E-state index contributed by atoms with van der Waals surface area (Å²) in [5, 5.41) is 3.20. The first-order valence-corrected chi connectivity index (χ1v) is 10.8. The number of hydrogen-bond donors (Lipinski definition) is 1. The van der Waals surface area contributed by atoms with Crippen LogP contribution in [0.25, 0.3) is 0 Å². The van der Waals surface area contributed by atoms with Crippen molar-refractivity contribution in [3.05, 3.63) is 11.8 Å². The Kier molecular flexibility index (Phi) is 5.83. The quantitative estimate of drug-likeness (QED) is 0.722. The summed E-state index contributed by atoms with van der Waals surface area (Å²) in [5.41, 5.74) is 0.562. The lowest BCUT2D eigenvalue weighted by Crippen LogP contribution is -2.53. The predicted molar refractivity (Wildman–Crippen MR) is 103 cm³/mol. The number of nitrogens with one attached hydrogen (secondary N) is 1. The summed E-state index contributed by atoms with van der Waals surface area (Å²) in [6.07, 6.45) is 10.6. The molecule has 2 aliphatic carbocycles. The van der Waals surface area contributed by atoms with E-state index in [9.17, 15) is 9.59 Å². The van der Waals surface area contributed by atoms with Crippen LogP contribution in [0.1, 0.15) is 57.8 Å². The number of piperidine rings is 1. The van der Waals surface area contributed by atoms with E-state index >= 15 is 0 Å². The molecular weight excluding hydrogens is 342 g/mol. The molecule has 0 radical (unpaired) electrons. The predicted octanol–water partition coefficient (Wildman–Crippen LogP) is 2.05. The van der Waals surface area contributed by atoms with Gasteiger partial charge in [-0.2, -0.15) is 0 Å². The summed E-state index contributed by atoms with van der Waals surface area (Å²) in [7, 11) is 0. The topological polar surface area (TPSA) is 61.9 Å². The fraction of sp³-hybridized carbons (Fsp3) is 0.810. The maximum absolute atomic E-state index is 13.2. The normalized spacial score (nSPS) is 29.7. The van der Waals surface area contributed by atoms with Crippen LogP contribution in [-0.2, 0) is 14.3 Å². The highest BCUT2D eigenvalue weighted by Crippen LogP contribution is 2.50.